The maximum Gasteiger partial charge on any atom is 0.134 e. The summed E-state index contributed by atoms with van der Waals surface area (Å²) in [4.78, 5) is 27.0. The van der Waals surface area contributed by atoms with E-state index in [0.29, 0.717) is 91.4 Å². The van der Waals surface area contributed by atoms with Gasteiger partial charge in [0.05, 0.1) is 39.6 Å². The highest BCUT2D eigenvalue weighted by Crippen LogP contribution is 2.42. The van der Waals surface area contributed by atoms with Gasteiger partial charge in [-0.1, -0.05) is 132 Å². The van der Waals surface area contributed by atoms with Crippen LogP contribution in [0, 0.1) is 0 Å². The van der Waals surface area contributed by atoms with Gasteiger partial charge in [0.2, 0.25) is 0 Å². The van der Waals surface area contributed by atoms with Gasteiger partial charge in [-0.05, 0) is 113 Å². The zero-order valence-corrected chi connectivity index (χ0v) is 42.4. The molecule has 7 nitrogen and oxygen atoms in total. The van der Waals surface area contributed by atoms with Crippen LogP contribution in [0.5, 0.6) is 11.5 Å². The zero-order chi connectivity index (χ0) is 47.5. The second-order valence-corrected chi connectivity index (χ2v) is 22.8. The molecular formula is C58H78O7. The SMILES string of the molecule is CC(=O)Cc1c2cc(C(C)(C)C)cc1Cc1cc(C(C)(C)C)cc3c1OCCOCCOCCOCCOc1c(cc(C(C)(C)C)cc1Cc1cc(C(C)(C)C)cc(c1CC(C)=O)C3)C2. The molecule has 0 amide bonds. The first kappa shape index (κ1) is 50.1. The summed E-state index contributed by atoms with van der Waals surface area (Å²) >= 11 is 0. The molecule has 4 aromatic carbocycles. The molecule has 7 heteroatoms. The fourth-order valence-electron chi connectivity index (χ4n) is 9.08. The van der Waals surface area contributed by atoms with E-state index in [-0.39, 0.29) is 33.2 Å². The highest BCUT2D eigenvalue weighted by Gasteiger charge is 2.29. The van der Waals surface area contributed by atoms with E-state index < -0.39 is 0 Å². The Labute approximate surface area is 391 Å². The van der Waals surface area contributed by atoms with Gasteiger partial charge in [0.15, 0.2) is 0 Å². The molecule has 0 saturated carbocycles. The standard InChI is InChI=1S/C58H78O7/c1-37(59)23-51-39-25-43-33-49(57(9,10)11)35-45-27-41-31-48(56(6,7)8)32-42(52(41)24-38(2)60)28-46-36-50(58(12,13)14)34-44(26-40(51)30-47(29-39)55(3,4)5)54(46)65-22-20-63-18-16-61-15-17-62-19-21-64-53(43)45/h29-36H,15-28H2,1-14H3. The molecule has 65 heavy (non-hydrogen) atoms. The van der Waals surface area contributed by atoms with Gasteiger partial charge in [-0.2, -0.15) is 0 Å². The number of ether oxygens (including phenoxy) is 5. The lowest BCUT2D eigenvalue weighted by Crippen LogP contribution is -2.20. The summed E-state index contributed by atoms with van der Waals surface area (Å²) in [6.07, 6.45) is 2.92. The fourth-order valence-corrected chi connectivity index (χ4v) is 9.08. The summed E-state index contributed by atoms with van der Waals surface area (Å²) in [7, 11) is 0. The normalized spacial score (nSPS) is 16.0. The smallest absolute Gasteiger partial charge is 0.134 e. The van der Waals surface area contributed by atoms with Crippen molar-refractivity contribution in [3.63, 3.8) is 0 Å². The Kier molecular flexibility index (Phi) is 15.6. The van der Waals surface area contributed by atoms with Crippen LogP contribution in [0.4, 0.5) is 0 Å². The summed E-state index contributed by atoms with van der Waals surface area (Å²) < 4.78 is 32.0. The van der Waals surface area contributed by atoms with Crippen LogP contribution in [0.3, 0.4) is 0 Å². The Morgan fingerprint density at radius 3 is 0.800 bits per heavy atom. The van der Waals surface area contributed by atoms with Crippen molar-refractivity contribution in [1.29, 1.82) is 0 Å². The van der Waals surface area contributed by atoms with E-state index in [9.17, 15) is 9.59 Å². The van der Waals surface area contributed by atoms with Crippen LogP contribution in [0.2, 0.25) is 0 Å². The average Bonchev–Trinajstić information content (AvgIpc) is 3.17. The van der Waals surface area contributed by atoms with Crippen molar-refractivity contribution in [2.24, 2.45) is 0 Å². The van der Waals surface area contributed by atoms with Gasteiger partial charge in [-0.25, -0.2) is 0 Å². The molecule has 4 aromatic rings. The second-order valence-electron chi connectivity index (χ2n) is 22.8. The van der Waals surface area contributed by atoms with E-state index in [1.165, 1.54) is 22.3 Å². The maximum absolute atomic E-state index is 13.5. The Bertz CT molecular complexity index is 2090. The molecule has 6 rings (SSSR count). The maximum atomic E-state index is 13.5. The van der Waals surface area contributed by atoms with E-state index in [1.807, 2.05) is 0 Å². The van der Waals surface area contributed by atoms with E-state index in [1.54, 1.807) is 13.8 Å². The van der Waals surface area contributed by atoms with Crippen LogP contribution in [0.15, 0.2) is 48.5 Å². The predicted octanol–water partition coefficient (Wildman–Crippen LogP) is 11.6. The topological polar surface area (TPSA) is 80.3 Å². The summed E-state index contributed by atoms with van der Waals surface area (Å²) in [5.41, 5.74) is 15.1. The van der Waals surface area contributed by atoms with E-state index >= 15 is 0 Å². The molecule has 0 N–H and O–H groups in total. The average molecular weight is 887 g/mol. The predicted molar refractivity (Wildman–Crippen MR) is 264 cm³/mol. The van der Waals surface area contributed by atoms with Crippen molar-refractivity contribution in [2.75, 3.05) is 52.9 Å². The lowest BCUT2D eigenvalue weighted by molar-refractivity contribution is -0.117. The third-order valence-corrected chi connectivity index (χ3v) is 12.9. The van der Waals surface area contributed by atoms with Gasteiger partial charge in [0.25, 0.3) is 0 Å². The quantitative estimate of drug-likeness (QED) is 0.178. The van der Waals surface area contributed by atoms with Crippen LogP contribution in [0.25, 0.3) is 0 Å². The number of rotatable bonds is 4. The third kappa shape index (κ3) is 13.0. The minimum absolute atomic E-state index is 0.123. The van der Waals surface area contributed by atoms with Gasteiger partial charge in [0, 0.05) is 38.5 Å². The molecule has 0 aromatic heterocycles. The van der Waals surface area contributed by atoms with Crippen LogP contribution >= 0.6 is 0 Å². The molecular weight excluding hydrogens is 809 g/mol. The number of ketones is 2. The molecule has 0 fully saturated rings. The van der Waals surface area contributed by atoms with Crippen molar-refractivity contribution in [2.45, 2.75) is 157 Å². The number of carbonyl (C=O) groups excluding carboxylic acids is 2. The Morgan fingerprint density at radius 1 is 0.369 bits per heavy atom. The van der Waals surface area contributed by atoms with Crippen molar-refractivity contribution in [3.8, 4) is 11.5 Å². The van der Waals surface area contributed by atoms with Crippen LogP contribution < -0.4 is 9.47 Å². The molecule has 0 atom stereocenters. The van der Waals surface area contributed by atoms with E-state index in [0.717, 1.165) is 67.1 Å². The molecule has 0 spiro atoms. The number of hydrogen-bond acceptors (Lipinski definition) is 7. The molecule has 1 aliphatic heterocycles. The third-order valence-electron chi connectivity index (χ3n) is 12.9. The summed E-state index contributed by atoms with van der Waals surface area (Å²) in [6.45, 7) is 33.9. The lowest BCUT2D eigenvalue weighted by Gasteiger charge is -2.29. The molecule has 10 bridgehead atoms. The lowest BCUT2D eigenvalue weighted by atomic mass is 9.77. The molecule has 0 radical (unpaired) electrons. The molecule has 0 unspecified atom stereocenters. The molecule has 1 aliphatic carbocycles. The first-order valence-electron chi connectivity index (χ1n) is 24.0. The number of benzene rings is 4. The zero-order valence-electron chi connectivity index (χ0n) is 42.4. The van der Waals surface area contributed by atoms with Crippen molar-refractivity contribution in [3.05, 3.63) is 126 Å². The largest absolute Gasteiger partial charge is 0.491 e. The molecule has 0 saturated heterocycles. The first-order chi connectivity index (χ1) is 30.4. The van der Waals surface area contributed by atoms with Crippen LogP contribution in [0.1, 0.15) is 175 Å². The van der Waals surface area contributed by atoms with E-state index in [4.69, 9.17) is 23.7 Å². The number of carbonyl (C=O) groups is 2. The van der Waals surface area contributed by atoms with Gasteiger partial charge in [0.1, 0.15) is 36.3 Å². The van der Waals surface area contributed by atoms with Crippen molar-refractivity contribution < 1.29 is 33.3 Å². The summed E-state index contributed by atoms with van der Waals surface area (Å²) in [6, 6.07) is 18.7. The number of Topliss-reactive ketones (excluding diaryl/α,β-unsaturated/α-hetero) is 2. The Morgan fingerprint density at radius 2 is 0.585 bits per heavy atom. The second kappa shape index (κ2) is 20.3. The highest BCUT2D eigenvalue weighted by molar-refractivity contribution is 5.80. The Balaban J connectivity index is 1.80. The summed E-state index contributed by atoms with van der Waals surface area (Å²) in [5.74, 6) is 1.93. The monoisotopic (exact) mass is 887 g/mol. The Hall–Kier alpha value is -4.30. The van der Waals surface area contributed by atoms with Crippen molar-refractivity contribution >= 4 is 11.6 Å². The van der Waals surface area contributed by atoms with Gasteiger partial charge >= 0.3 is 0 Å². The van der Waals surface area contributed by atoms with Gasteiger partial charge < -0.3 is 23.7 Å². The first-order valence-corrected chi connectivity index (χ1v) is 24.0. The van der Waals surface area contributed by atoms with Crippen LogP contribution in [-0.4, -0.2) is 64.4 Å². The minimum atomic E-state index is -0.176. The van der Waals surface area contributed by atoms with E-state index in [2.05, 4.69) is 132 Å². The van der Waals surface area contributed by atoms with Crippen molar-refractivity contribution in [1.82, 2.24) is 0 Å². The molecule has 2 aliphatic rings. The molecule has 352 valence electrons. The summed E-state index contributed by atoms with van der Waals surface area (Å²) in [5, 5.41) is 0. The van der Waals surface area contributed by atoms with Crippen LogP contribution in [-0.2, 0) is 84.0 Å². The highest BCUT2D eigenvalue weighted by atomic mass is 16.6. The molecule has 1 heterocycles. The minimum Gasteiger partial charge on any atom is -0.491 e. The number of fused-ring (bicyclic) bond motifs is 2. The fraction of sp³-hybridized carbons (Fsp3) is 0.552. The van der Waals surface area contributed by atoms with Gasteiger partial charge in [-0.3, -0.25) is 9.59 Å². The van der Waals surface area contributed by atoms with Gasteiger partial charge in [-0.15, -0.1) is 0 Å². The number of hydrogen-bond donors (Lipinski definition) is 0.